The summed E-state index contributed by atoms with van der Waals surface area (Å²) >= 11 is 0. The molecular formula is C9H14N4O. The Bertz CT molecular complexity index is 324. The molecule has 0 aliphatic heterocycles. The average Bonchev–Trinajstić information content (AvgIpc) is 2.14. The Morgan fingerprint density at radius 3 is 3.00 bits per heavy atom. The molecule has 1 aromatic rings. The monoisotopic (exact) mass is 194 g/mol. The average molecular weight is 194 g/mol. The molecule has 14 heavy (non-hydrogen) atoms. The van der Waals surface area contributed by atoms with Crippen molar-refractivity contribution in [3.63, 3.8) is 0 Å². The van der Waals surface area contributed by atoms with Crippen LogP contribution in [-0.4, -0.2) is 28.5 Å². The second-order valence-corrected chi connectivity index (χ2v) is 3.18. The van der Waals surface area contributed by atoms with Gasteiger partial charge in [0.15, 0.2) is 0 Å². The standard InChI is InChI=1S/C9H14N4O/c1-6(10)5-12-9(14)8-3-4-11-7(2)13-8/h3-4,6H,5,10H2,1-2H3,(H,12,14). The van der Waals surface area contributed by atoms with Crippen molar-refractivity contribution in [3.8, 4) is 0 Å². The first-order valence-electron chi connectivity index (χ1n) is 4.43. The normalized spacial score (nSPS) is 12.2. The Balaban J connectivity index is 2.61. The highest BCUT2D eigenvalue weighted by Gasteiger charge is 2.07. The van der Waals surface area contributed by atoms with Crippen LogP contribution in [0.1, 0.15) is 23.2 Å². The number of rotatable bonds is 3. The lowest BCUT2D eigenvalue weighted by molar-refractivity contribution is 0.0946. The van der Waals surface area contributed by atoms with Crippen molar-refractivity contribution in [2.24, 2.45) is 5.73 Å². The number of nitrogens with one attached hydrogen (secondary N) is 1. The number of aromatic nitrogens is 2. The van der Waals surface area contributed by atoms with Crippen molar-refractivity contribution in [3.05, 3.63) is 23.8 Å². The predicted molar refractivity (Wildman–Crippen MR) is 52.8 cm³/mol. The number of carbonyl (C=O) groups is 1. The Morgan fingerprint density at radius 1 is 1.71 bits per heavy atom. The molecule has 1 heterocycles. The van der Waals surface area contributed by atoms with E-state index in [2.05, 4.69) is 15.3 Å². The van der Waals surface area contributed by atoms with Crippen LogP contribution >= 0.6 is 0 Å². The summed E-state index contributed by atoms with van der Waals surface area (Å²) < 4.78 is 0. The van der Waals surface area contributed by atoms with Crippen LogP contribution in [-0.2, 0) is 0 Å². The molecule has 0 aromatic carbocycles. The molecule has 0 bridgehead atoms. The first-order valence-corrected chi connectivity index (χ1v) is 4.43. The molecule has 76 valence electrons. The highest BCUT2D eigenvalue weighted by molar-refractivity contribution is 5.92. The van der Waals surface area contributed by atoms with Gasteiger partial charge in [0, 0.05) is 18.8 Å². The molecule has 5 heteroatoms. The zero-order chi connectivity index (χ0) is 10.6. The van der Waals surface area contributed by atoms with E-state index in [9.17, 15) is 4.79 Å². The quantitative estimate of drug-likeness (QED) is 0.702. The van der Waals surface area contributed by atoms with E-state index in [1.165, 1.54) is 0 Å². The van der Waals surface area contributed by atoms with Crippen LogP contribution in [0.5, 0.6) is 0 Å². The molecule has 3 N–H and O–H groups in total. The molecule has 1 atom stereocenters. The van der Waals surface area contributed by atoms with Crippen LogP contribution in [0.3, 0.4) is 0 Å². The molecule has 0 aliphatic rings. The highest BCUT2D eigenvalue weighted by atomic mass is 16.1. The van der Waals surface area contributed by atoms with Gasteiger partial charge in [0.2, 0.25) is 0 Å². The summed E-state index contributed by atoms with van der Waals surface area (Å²) in [5.41, 5.74) is 5.87. The summed E-state index contributed by atoms with van der Waals surface area (Å²) in [6, 6.07) is 1.52. The van der Waals surface area contributed by atoms with Crippen molar-refractivity contribution in [2.45, 2.75) is 19.9 Å². The van der Waals surface area contributed by atoms with E-state index >= 15 is 0 Å². The smallest absolute Gasteiger partial charge is 0.270 e. The lowest BCUT2D eigenvalue weighted by atomic mass is 10.3. The van der Waals surface area contributed by atoms with Gasteiger partial charge < -0.3 is 11.1 Å². The van der Waals surface area contributed by atoms with E-state index in [0.29, 0.717) is 18.1 Å². The maximum Gasteiger partial charge on any atom is 0.270 e. The van der Waals surface area contributed by atoms with Gasteiger partial charge in [-0.15, -0.1) is 0 Å². The third kappa shape index (κ3) is 3.10. The fraction of sp³-hybridized carbons (Fsp3) is 0.444. The van der Waals surface area contributed by atoms with Crippen LogP contribution < -0.4 is 11.1 Å². The number of carbonyl (C=O) groups excluding carboxylic acids is 1. The number of aryl methyl sites for hydroxylation is 1. The van der Waals surface area contributed by atoms with E-state index in [0.717, 1.165) is 0 Å². The van der Waals surface area contributed by atoms with Crippen molar-refractivity contribution >= 4 is 5.91 Å². The van der Waals surface area contributed by atoms with E-state index in [1.807, 2.05) is 6.92 Å². The third-order valence-corrected chi connectivity index (χ3v) is 1.59. The minimum absolute atomic E-state index is 0.0538. The van der Waals surface area contributed by atoms with Gasteiger partial charge >= 0.3 is 0 Å². The molecule has 0 aliphatic carbocycles. The van der Waals surface area contributed by atoms with Crippen molar-refractivity contribution in [1.82, 2.24) is 15.3 Å². The van der Waals surface area contributed by atoms with Gasteiger partial charge in [-0.05, 0) is 19.9 Å². The fourth-order valence-electron chi connectivity index (χ4n) is 0.927. The second-order valence-electron chi connectivity index (χ2n) is 3.18. The van der Waals surface area contributed by atoms with Gasteiger partial charge in [0.05, 0.1) is 0 Å². The zero-order valence-corrected chi connectivity index (χ0v) is 8.32. The molecule has 5 nitrogen and oxygen atoms in total. The molecule has 1 amide bonds. The summed E-state index contributed by atoms with van der Waals surface area (Å²) in [6.45, 7) is 4.01. The van der Waals surface area contributed by atoms with Crippen molar-refractivity contribution in [2.75, 3.05) is 6.54 Å². The summed E-state index contributed by atoms with van der Waals surface area (Å²) in [5, 5.41) is 2.67. The summed E-state index contributed by atoms with van der Waals surface area (Å²) in [5.74, 6) is 0.367. The molecule has 1 rings (SSSR count). The SMILES string of the molecule is Cc1nccc(C(=O)NCC(C)N)n1. The van der Waals surface area contributed by atoms with Gasteiger partial charge in [-0.3, -0.25) is 4.79 Å². The first-order chi connectivity index (χ1) is 6.59. The first kappa shape index (κ1) is 10.6. The molecule has 0 saturated carbocycles. The Hall–Kier alpha value is -1.49. The van der Waals surface area contributed by atoms with E-state index < -0.39 is 0 Å². The maximum atomic E-state index is 11.4. The van der Waals surface area contributed by atoms with Crippen LogP contribution in [0.2, 0.25) is 0 Å². The number of nitrogens with zero attached hydrogens (tertiary/aromatic N) is 2. The van der Waals surface area contributed by atoms with Gasteiger partial charge in [-0.25, -0.2) is 9.97 Å². The number of hydrogen-bond donors (Lipinski definition) is 2. The molecule has 0 saturated heterocycles. The van der Waals surface area contributed by atoms with Crippen LogP contribution in [0.15, 0.2) is 12.3 Å². The number of nitrogens with two attached hydrogens (primary N) is 1. The minimum Gasteiger partial charge on any atom is -0.349 e. The lowest BCUT2D eigenvalue weighted by Gasteiger charge is -2.06. The fourth-order valence-corrected chi connectivity index (χ4v) is 0.927. The van der Waals surface area contributed by atoms with Crippen molar-refractivity contribution in [1.29, 1.82) is 0 Å². The van der Waals surface area contributed by atoms with Gasteiger partial charge in [0.25, 0.3) is 5.91 Å². The van der Waals surface area contributed by atoms with E-state index in [1.54, 1.807) is 19.2 Å². The van der Waals surface area contributed by atoms with Crippen LogP contribution in [0, 0.1) is 6.92 Å². The molecule has 1 aromatic heterocycles. The van der Waals surface area contributed by atoms with Crippen LogP contribution in [0.4, 0.5) is 0 Å². The summed E-state index contributed by atoms with van der Waals surface area (Å²) in [4.78, 5) is 19.3. The number of amides is 1. The topological polar surface area (TPSA) is 80.9 Å². The Labute approximate surface area is 82.7 Å². The van der Waals surface area contributed by atoms with Gasteiger partial charge in [-0.2, -0.15) is 0 Å². The highest BCUT2D eigenvalue weighted by Crippen LogP contribution is 1.94. The predicted octanol–water partition coefficient (Wildman–Crippen LogP) is -0.138. The zero-order valence-electron chi connectivity index (χ0n) is 8.32. The van der Waals surface area contributed by atoms with E-state index in [4.69, 9.17) is 5.73 Å². The summed E-state index contributed by atoms with van der Waals surface area (Å²) in [6.07, 6.45) is 1.56. The lowest BCUT2D eigenvalue weighted by Crippen LogP contribution is -2.35. The molecule has 0 radical (unpaired) electrons. The Kier molecular flexibility index (Phi) is 3.53. The third-order valence-electron chi connectivity index (χ3n) is 1.59. The number of hydrogen-bond acceptors (Lipinski definition) is 4. The molecule has 1 unspecified atom stereocenters. The molecular weight excluding hydrogens is 180 g/mol. The van der Waals surface area contributed by atoms with Crippen LogP contribution in [0.25, 0.3) is 0 Å². The largest absolute Gasteiger partial charge is 0.349 e. The summed E-state index contributed by atoms with van der Waals surface area (Å²) in [7, 11) is 0. The Morgan fingerprint density at radius 2 is 2.43 bits per heavy atom. The minimum atomic E-state index is -0.215. The van der Waals surface area contributed by atoms with Crippen molar-refractivity contribution < 1.29 is 4.79 Å². The van der Waals surface area contributed by atoms with E-state index in [-0.39, 0.29) is 11.9 Å². The second kappa shape index (κ2) is 4.66. The van der Waals surface area contributed by atoms with Gasteiger partial charge in [-0.1, -0.05) is 0 Å². The molecule has 0 spiro atoms. The van der Waals surface area contributed by atoms with Gasteiger partial charge in [0.1, 0.15) is 11.5 Å². The molecule has 0 fully saturated rings. The maximum absolute atomic E-state index is 11.4.